The summed E-state index contributed by atoms with van der Waals surface area (Å²) in [5.41, 5.74) is 5.44. The predicted octanol–water partition coefficient (Wildman–Crippen LogP) is 4.00. The first kappa shape index (κ1) is 26.9. The second-order valence-corrected chi connectivity index (χ2v) is 12.2. The number of nitrogens with zero attached hydrogens (tertiary/aromatic N) is 6. The van der Waals surface area contributed by atoms with E-state index in [4.69, 9.17) is 4.74 Å². The Hall–Kier alpha value is -4.32. The summed E-state index contributed by atoms with van der Waals surface area (Å²) in [6.45, 7) is 8.67. The van der Waals surface area contributed by atoms with E-state index in [0.717, 1.165) is 18.5 Å². The molecule has 0 atom stereocenters. The Morgan fingerprint density at radius 3 is 2.73 bits per heavy atom. The molecule has 1 amide bonds. The van der Waals surface area contributed by atoms with Crippen molar-refractivity contribution in [3.8, 4) is 11.3 Å². The second kappa shape index (κ2) is 9.95. The number of carbonyl (C=O) groups excluding carboxylic acids is 2. The zero-order valence-corrected chi connectivity index (χ0v) is 24.5. The first-order valence-corrected chi connectivity index (χ1v) is 14.2. The largest absolute Gasteiger partial charge is 0.461 e. The molecular formula is C29H31N7O4S. The van der Waals surface area contributed by atoms with E-state index in [1.54, 1.807) is 30.4 Å². The van der Waals surface area contributed by atoms with Crippen molar-refractivity contribution < 1.29 is 14.3 Å². The molecule has 1 N–H and O–H groups in total. The van der Waals surface area contributed by atoms with Crippen LogP contribution in [-0.4, -0.2) is 41.9 Å². The van der Waals surface area contributed by atoms with Crippen LogP contribution in [-0.2, 0) is 42.6 Å². The van der Waals surface area contributed by atoms with Gasteiger partial charge in [0.1, 0.15) is 23.1 Å². The number of aryl methyl sites for hydroxylation is 2. The number of esters is 1. The van der Waals surface area contributed by atoms with Crippen molar-refractivity contribution in [3.05, 3.63) is 69.2 Å². The van der Waals surface area contributed by atoms with Crippen LogP contribution in [0.3, 0.4) is 0 Å². The molecule has 6 rings (SSSR count). The highest BCUT2D eigenvalue weighted by molar-refractivity contribution is 7.10. The van der Waals surface area contributed by atoms with Crippen molar-refractivity contribution in [1.29, 1.82) is 0 Å². The lowest BCUT2D eigenvalue weighted by molar-refractivity contribution is -0.142. The summed E-state index contributed by atoms with van der Waals surface area (Å²) in [7, 11) is 1.65. The first-order chi connectivity index (χ1) is 19.5. The summed E-state index contributed by atoms with van der Waals surface area (Å²) in [6.07, 6.45) is 5.11. The van der Waals surface area contributed by atoms with E-state index in [2.05, 4.69) is 38.1 Å². The van der Waals surface area contributed by atoms with Gasteiger partial charge in [-0.05, 0) is 60.5 Å². The number of fused-ring (bicyclic) bond motifs is 3. The molecule has 0 spiro atoms. The van der Waals surface area contributed by atoms with E-state index in [-0.39, 0.29) is 29.3 Å². The molecular weight excluding hydrogens is 542 g/mol. The smallest absolute Gasteiger partial charge is 0.302 e. The van der Waals surface area contributed by atoms with Gasteiger partial charge in [0.15, 0.2) is 5.82 Å². The summed E-state index contributed by atoms with van der Waals surface area (Å²) >= 11 is 1.24. The van der Waals surface area contributed by atoms with Crippen molar-refractivity contribution in [2.75, 3.05) is 16.8 Å². The number of aromatic nitrogens is 5. The molecule has 41 heavy (non-hydrogen) atoms. The van der Waals surface area contributed by atoms with Crippen LogP contribution in [0.1, 0.15) is 53.8 Å². The Kier molecular flexibility index (Phi) is 6.52. The zero-order chi connectivity index (χ0) is 29.1. The van der Waals surface area contributed by atoms with Gasteiger partial charge in [-0.15, -0.1) is 0 Å². The number of nitrogens with one attached hydrogen (secondary N) is 1. The van der Waals surface area contributed by atoms with Crippen molar-refractivity contribution >= 4 is 40.0 Å². The third kappa shape index (κ3) is 4.92. The Morgan fingerprint density at radius 1 is 1.20 bits per heavy atom. The fourth-order valence-corrected chi connectivity index (χ4v) is 6.40. The monoisotopic (exact) mass is 573 g/mol. The van der Waals surface area contributed by atoms with E-state index in [0.29, 0.717) is 46.4 Å². The molecule has 0 bridgehead atoms. The molecule has 0 unspecified atom stereocenters. The van der Waals surface area contributed by atoms with E-state index in [1.165, 1.54) is 34.3 Å². The zero-order valence-electron chi connectivity index (χ0n) is 23.6. The molecule has 0 saturated carbocycles. The predicted molar refractivity (Wildman–Crippen MR) is 156 cm³/mol. The van der Waals surface area contributed by atoms with Gasteiger partial charge in [0.2, 0.25) is 0 Å². The lowest BCUT2D eigenvalue weighted by Gasteiger charge is -2.31. The Morgan fingerprint density at radius 2 is 2.00 bits per heavy atom. The number of anilines is 3. The van der Waals surface area contributed by atoms with E-state index in [9.17, 15) is 14.4 Å². The van der Waals surface area contributed by atoms with Gasteiger partial charge in [-0.2, -0.15) is 4.37 Å². The van der Waals surface area contributed by atoms with Crippen LogP contribution in [0, 0.1) is 12.3 Å². The van der Waals surface area contributed by atoms with Crippen molar-refractivity contribution in [3.63, 3.8) is 0 Å². The maximum absolute atomic E-state index is 13.9. The standard InChI is InChI=1S/C29H31N7O4S/c1-16-10-24(41-33-16)32-25-28(39)34(5)14-21(31-25)19-6-7-30-26(20(19)15-40-17(2)37)36-9-8-35-22(27(36)38)11-18-12-29(3,4)13-23(18)35/h6-7,10-11,14H,8-9,12-13,15H2,1-5H3,(H,31,32). The van der Waals surface area contributed by atoms with Crippen LogP contribution in [0.4, 0.5) is 16.6 Å². The van der Waals surface area contributed by atoms with Crippen LogP contribution in [0.25, 0.3) is 11.3 Å². The fourth-order valence-electron chi connectivity index (χ4n) is 5.74. The van der Waals surface area contributed by atoms with Gasteiger partial charge in [-0.25, -0.2) is 9.97 Å². The lowest BCUT2D eigenvalue weighted by atomic mass is 9.90. The van der Waals surface area contributed by atoms with Crippen LogP contribution >= 0.6 is 11.5 Å². The summed E-state index contributed by atoms with van der Waals surface area (Å²) in [6, 6.07) is 5.61. The van der Waals surface area contributed by atoms with Crippen molar-refractivity contribution in [1.82, 2.24) is 23.5 Å². The minimum atomic E-state index is -0.458. The summed E-state index contributed by atoms with van der Waals surface area (Å²) in [5, 5.41) is 3.77. The molecule has 4 aromatic rings. The number of ether oxygens (including phenoxy) is 1. The highest BCUT2D eigenvalue weighted by atomic mass is 32.1. The molecule has 0 saturated heterocycles. The number of pyridine rings is 1. The first-order valence-electron chi connectivity index (χ1n) is 13.4. The highest BCUT2D eigenvalue weighted by Gasteiger charge is 2.37. The number of hydrogen-bond acceptors (Lipinski definition) is 9. The van der Waals surface area contributed by atoms with E-state index in [1.807, 2.05) is 19.1 Å². The van der Waals surface area contributed by atoms with Gasteiger partial charge in [-0.3, -0.25) is 19.3 Å². The van der Waals surface area contributed by atoms with Crippen LogP contribution < -0.4 is 15.8 Å². The summed E-state index contributed by atoms with van der Waals surface area (Å²) in [5.74, 6) is -0.0618. The van der Waals surface area contributed by atoms with Gasteiger partial charge < -0.3 is 19.2 Å². The van der Waals surface area contributed by atoms with E-state index >= 15 is 0 Å². The number of rotatable bonds is 6. The normalized spacial score (nSPS) is 15.5. The molecule has 2 aliphatic rings. The molecule has 0 aromatic carbocycles. The molecule has 1 aliphatic carbocycles. The average molecular weight is 574 g/mol. The highest BCUT2D eigenvalue weighted by Crippen LogP contribution is 2.40. The van der Waals surface area contributed by atoms with Crippen molar-refractivity contribution in [2.45, 2.75) is 53.7 Å². The molecule has 5 heterocycles. The average Bonchev–Trinajstić information content (AvgIpc) is 3.57. The molecule has 0 radical (unpaired) electrons. The summed E-state index contributed by atoms with van der Waals surface area (Å²) < 4.78 is 13.3. The molecule has 4 aromatic heterocycles. The van der Waals surface area contributed by atoms with Crippen molar-refractivity contribution in [2.24, 2.45) is 12.5 Å². The maximum atomic E-state index is 13.9. The molecule has 212 valence electrons. The van der Waals surface area contributed by atoms with Crippen LogP contribution in [0.5, 0.6) is 0 Å². The fraction of sp³-hybridized carbons (Fsp3) is 0.379. The van der Waals surface area contributed by atoms with Gasteiger partial charge in [-0.1, -0.05) is 13.8 Å². The minimum absolute atomic E-state index is 0.107. The van der Waals surface area contributed by atoms with Gasteiger partial charge in [0.25, 0.3) is 11.5 Å². The SMILES string of the molecule is CC(=O)OCc1c(-c2cn(C)c(=O)c(Nc3cc(C)ns3)n2)ccnc1N1CCn2c(cc3c2CC(C)(C)C3)C1=O. The minimum Gasteiger partial charge on any atom is -0.461 e. The Bertz CT molecular complexity index is 1770. The maximum Gasteiger partial charge on any atom is 0.302 e. The third-order valence-electron chi connectivity index (χ3n) is 7.55. The lowest BCUT2D eigenvalue weighted by Crippen LogP contribution is -2.41. The van der Waals surface area contributed by atoms with Crippen LogP contribution in [0.15, 0.2) is 35.4 Å². The van der Waals surface area contributed by atoms with Gasteiger partial charge in [0.05, 0.1) is 11.4 Å². The Labute approximate surface area is 241 Å². The Balaban J connectivity index is 1.42. The van der Waals surface area contributed by atoms with Gasteiger partial charge in [0, 0.05) is 56.3 Å². The molecule has 1 aliphatic heterocycles. The number of hydrogen-bond donors (Lipinski definition) is 1. The summed E-state index contributed by atoms with van der Waals surface area (Å²) in [4.78, 5) is 49.5. The quantitative estimate of drug-likeness (QED) is 0.343. The molecule has 0 fully saturated rings. The van der Waals surface area contributed by atoms with Crippen LogP contribution in [0.2, 0.25) is 0 Å². The third-order valence-corrected chi connectivity index (χ3v) is 8.35. The van der Waals surface area contributed by atoms with Gasteiger partial charge >= 0.3 is 5.97 Å². The second-order valence-electron chi connectivity index (χ2n) is 11.4. The van der Waals surface area contributed by atoms with E-state index < -0.39 is 5.97 Å². The molecule has 12 heteroatoms. The number of carbonyl (C=O) groups is 2. The molecule has 11 nitrogen and oxygen atoms in total. The number of amides is 1. The topological polar surface area (TPSA) is 124 Å².